The van der Waals surface area contributed by atoms with E-state index in [4.69, 9.17) is 4.74 Å². The van der Waals surface area contributed by atoms with Crippen LogP contribution in [0.4, 0.5) is 0 Å². The first-order valence-corrected chi connectivity index (χ1v) is 5.55. The second-order valence-corrected chi connectivity index (χ2v) is 4.00. The van der Waals surface area contributed by atoms with Gasteiger partial charge in [-0.2, -0.15) is 0 Å². The third-order valence-electron chi connectivity index (χ3n) is 2.83. The van der Waals surface area contributed by atoms with Gasteiger partial charge in [0.1, 0.15) is 6.04 Å². The van der Waals surface area contributed by atoms with Gasteiger partial charge in [0.05, 0.1) is 6.61 Å². The van der Waals surface area contributed by atoms with Crippen molar-refractivity contribution in [3.8, 4) is 11.5 Å². The van der Waals surface area contributed by atoms with Gasteiger partial charge in [-0.25, -0.2) is 0 Å². The Balaban J connectivity index is 0.00000162. The standard InChI is InChI=1S/C12H15NO4.ClH/c1-2-17-12(16)9-3-7-4-10(14)11(15)5-8(7)6-13-9;/h4-5,9,13-15H,2-3,6H2,1H3;1H/t9-;/m0./s1. The zero-order valence-electron chi connectivity index (χ0n) is 9.97. The number of halogens is 1. The first-order chi connectivity index (χ1) is 8.11. The highest BCUT2D eigenvalue weighted by atomic mass is 35.5. The lowest BCUT2D eigenvalue weighted by Gasteiger charge is -2.24. The van der Waals surface area contributed by atoms with Gasteiger partial charge in [-0.05, 0) is 36.6 Å². The predicted molar refractivity (Wildman–Crippen MR) is 68.0 cm³/mol. The number of rotatable bonds is 2. The maximum atomic E-state index is 11.6. The van der Waals surface area contributed by atoms with E-state index in [-0.39, 0.29) is 35.9 Å². The third-order valence-corrected chi connectivity index (χ3v) is 2.83. The summed E-state index contributed by atoms with van der Waals surface area (Å²) in [5.41, 5.74) is 1.75. The molecule has 0 saturated heterocycles. The molecule has 0 spiro atoms. The molecule has 0 fully saturated rings. The summed E-state index contributed by atoms with van der Waals surface area (Å²) < 4.78 is 4.94. The van der Waals surface area contributed by atoms with Crippen molar-refractivity contribution in [3.63, 3.8) is 0 Å². The molecule has 0 aromatic heterocycles. The molecule has 100 valence electrons. The molecule has 2 rings (SSSR count). The van der Waals surface area contributed by atoms with Crippen LogP contribution in [0.1, 0.15) is 18.1 Å². The normalized spacial score (nSPS) is 17.5. The minimum atomic E-state index is -0.383. The van der Waals surface area contributed by atoms with Crippen molar-refractivity contribution in [1.82, 2.24) is 5.32 Å². The predicted octanol–water partition coefficient (Wildman–Crippen LogP) is 1.10. The SMILES string of the molecule is CCOC(=O)[C@@H]1Cc2cc(O)c(O)cc2CN1.Cl. The van der Waals surface area contributed by atoms with E-state index in [1.165, 1.54) is 12.1 Å². The van der Waals surface area contributed by atoms with Gasteiger partial charge >= 0.3 is 5.97 Å². The molecule has 0 aliphatic carbocycles. The lowest BCUT2D eigenvalue weighted by molar-refractivity contribution is -0.145. The van der Waals surface area contributed by atoms with E-state index in [0.717, 1.165) is 11.1 Å². The summed E-state index contributed by atoms with van der Waals surface area (Å²) in [4.78, 5) is 11.6. The summed E-state index contributed by atoms with van der Waals surface area (Å²) in [6.45, 7) is 2.59. The molecule has 3 N–H and O–H groups in total. The molecule has 18 heavy (non-hydrogen) atoms. The number of aromatic hydroxyl groups is 2. The second kappa shape index (κ2) is 5.93. The molecule has 1 heterocycles. The van der Waals surface area contributed by atoms with Gasteiger partial charge in [-0.3, -0.25) is 4.79 Å². The van der Waals surface area contributed by atoms with Crippen molar-refractivity contribution < 1.29 is 19.7 Å². The molecule has 0 saturated carbocycles. The van der Waals surface area contributed by atoms with E-state index in [9.17, 15) is 15.0 Å². The summed E-state index contributed by atoms with van der Waals surface area (Å²) in [6, 6.07) is 2.63. The van der Waals surface area contributed by atoms with Gasteiger partial charge < -0.3 is 20.3 Å². The van der Waals surface area contributed by atoms with E-state index in [1.807, 2.05) is 0 Å². The van der Waals surface area contributed by atoms with E-state index >= 15 is 0 Å². The molecule has 1 aliphatic rings. The van der Waals surface area contributed by atoms with Gasteiger partial charge in [-0.15, -0.1) is 12.4 Å². The zero-order valence-corrected chi connectivity index (χ0v) is 10.8. The first-order valence-electron chi connectivity index (χ1n) is 5.55. The maximum absolute atomic E-state index is 11.6. The fraction of sp³-hybridized carbons (Fsp3) is 0.417. The molecular weight excluding hydrogens is 258 g/mol. The Morgan fingerprint density at radius 1 is 1.39 bits per heavy atom. The number of hydrogen-bond donors (Lipinski definition) is 3. The van der Waals surface area contributed by atoms with Gasteiger partial charge in [-0.1, -0.05) is 0 Å². The van der Waals surface area contributed by atoms with Crippen LogP contribution in [0.3, 0.4) is 0 Å². The molecular formula is C12H16ClNO4. The van der Waals surface area contributed by atoms with Crippen LogP contribution in [0.5, 0.6) is 11.5 Å². The van der Waals surface area contributed by atoms with Crippen LogP contribution in [0, 0.1) is 0 Å². The Morgan fingerprint density at radius 2 is 2.00 bits per heavy atom. The number of fused-ring (bicyclic) bond motifs is 1. The number of phenolic OH excluding ortho intramolecular Hbond substituents is 2. The van der Waals surface area contributed by atoms with E-state index in [2.05, 4.69) is 5.32 Å². The number of benzene rings is 1. The largest absolute Gasteiger partial charge is 0.504 e. The molecule has 0 amide bonds. The smallest absolute Gasteiger partial charge is 0.323 e. The fourth-order valence-corrected chi connectivity index (χ4v) is 1.95. The minimum Gasteiger partial charge on any atom is -0.504 e. The lowest BCUT2D eigenvalue weighted by Crippen LogP contribution is -2.42. The molecule has 0 bridgehead atoms. The quantitative estimate of drug-likeness (QED) is 0.555. The van der Waals surface area contributed by atoms with Gasteiger partial charge in [0.15, 0.2) is 11.5 Å². The monoisotopic (exact) mass is 273 g/mol. The van der Waals surface area contributed by atoms with Crippen LogP contribution in [-0.4, -0.2) is 28.8 Å². The first kappa shape index (κ1) is 14.6. The molecule has 6 heteroatoms. The molecule has 5 nitrogen and oxygen atoms in total. The third kappa shape index (κ3) is 2.86. The Hall–Kier alpha value is -1.46. The van der Waals surface area contributed by atoms with E-state index in [0.29, 0.717) is 19.6 Å². The number of nitrogens with one attached hydrogen (secondary N) is 1. The summed E-state index contributed by atoms with van der Waals surface area (Å²) in [5, 5.41) is 21.8. The molecule has 0 unspecified atom stereocenters. The maximum Gasteiger partial charge on any atom is 0.323 e. The van der Waals surface area contributed by atoms with Crippen LogP contribution in [0.15, 0.2) is 12.1 Å². The average molecular weight is 274 g/mol. The van der Waals surface area contributed by atoms with Crippen molar-refractivity contribution in [2.45, 2.75) is 25.9 Å². The molecule has 1 aliphatic heterocycles. The van der Waals surface area contributed by atoms with Crippen molar-refractivity contribution in [3.05, 3.63) is 23.3 Å². The second-order valence-electron chi connectivity index (χ2n) is 4.00. The topological polar surface area (TPSA) is 78.8 Å². The van der Waals surface area contributed by atoms with E-state index in [1.54, 1.807) is 6.92 Å². The molecule has 1 atom stereocenters. The van der Waals surface area contributed by atoms with Crippen LogP contribution in [0.25, 0.3) is 0 Å². The highest BCUT2D eigenvalue weighted by Crippen LogP contribution is 2.30. The number of phenols is 2. The fourth-order valence-electron chi connectivity index (χ4n) is 1.95. The van der Waals surface area contributed by atoms with Gasteiger partial charge in [0, 0.05) is 6.54 Å². The number of ether oxygens (including phenoxy) is 1. The zero-order chi connectivity index (χ0) is 12.4. The van der Waals surface area contributed by atoms with Crippen LogP contribution < -0.4 is 5.32 Å². The van der Waals surface area contributed by atoms with Crippen molar-refractivity contribution in [1.29, 1.82) is 0 Å². The Kier molecular flexibility index (Phi) is 4.81. The summed E-state index contributed by atoms with van der Waals surface area (Å²) >= 11 is 0. The summed E-state index contributed by atoms with van der Waals surface area (Å²) in [7, 11) is 0. The number of carbonyl (C=O) groups is 1. The molecule has 1 aromatic rings. The van der Waals surface area contributed by atoms with Crippen molar-refractivity contribution in [2.24, 2.45) is 0 Å². The van der Waals surface area contributed by atoms with Gasteiger partial charge in [0.2, 0.25) is 0 Å². The summed E-state index contributed by atoms with van der Waals surface area (Å²) in [5.74, 6) is -0.584. The van der Waals surface area contributed by atoms with E-state index < -0.39 is 0 Å². The highest BCUT2D eigenvalue weighted by molar-refractivity contribution is 5.85. The number of hydrogen-bond acceptors (Lipinski definition) is 5. The van der Waals surface area contributed by atoms with Crippen molar-refractivity contribution >= 4 is 18.4 Å². The molecule has 1 aromatic carbocycles. The number of esters is 1. The summed E-state index contributed by atoms with van der Waals surface area (Å²) in [6.07, 6.45) is 0.460. The Morgan fingerprint density at radius 3 is 2.61 bits per heavy atom. The van der Waals surface area contributed by atoms with Crippen LogP contribution >= 0.6 is 12.4 Å². The molecule has 0 radical (unpaired) electrons. The van der Waals surface area contributed by atoms with Crippen LogP contribution in [0.2, 0.25) is 0 Å². The van der Waals surface area contributed by atoms with Gasteiger partial charge in [0.25, 0.3) is 0 Å². The average Bonchev–Trinajstić information content (AvgIpc) is 2.30. The highest BCUT2D eigenvalue weighted by Gasteiger charge is 2.26. The van der Waals surface area contributed by atoms with Crippen LogP contribution in [-0.2, 0) is 22.5 Å². The lowest BCUT2D eigenvalue weighted by atomic mass is 9.95. The Labute approximate surface area is 111 Å². The van der Waals surface area contributed by atoms with Crippen molar-refractivity contribution in [2.75, 3.05) is 6.61 Å². The minimum absolute atomic E-state index is 0. The number of carbonyl (C=O) groups excluding carboxylic acids is 1. The Bertz CT molecular complexity index is 450.